The van der Waals surface area contributed by atoms with Gasteiger partial charge in [-0.15, -0.1) is 0 Å². The topological polar surface area (TPSA) is 91.7 Å². The molecule has 0 atom stereocenters. The van der Waals surface area contributed by atoms with E-state index in [1.54, 1.807) is 24.3 Å². The summed E-state index contributed by atoms with van der Waals surface area (Å²) in [5.41, 5.74) is 1.62. The van der Waals surface area contributed by atoms with Gasteiger partial charge in [0.1, 0.15) is 0 Å². The molecule has 1 aromatic rings. The van der Waals surface area contributed by atoms with Crippen molar-refractivity contribution >= 4 is 16.1 Å². The highest BCUT2D eigenvalue weighted by molar-refractivity contribution is 7.85. The first-order chi connectivity index (χ1) is 7.87. The van der Waals surface area contributed by atoms with Crippen molar-refractivity contribution in [1.82, 2.24) is 0 Å². The molecular weight excluding hydrogens is 244 g/mol. The highest BCUT2D eigenvalue weighted by atomic mass is 32.2. The third-order valence-corrected chi connectivity index (χ3v) is 3.05. The van der Waals surface area contributed by atoms with E-state index in [1.807, 2.05) is 0 Å². The number of benzene rings is 1. The van der Waals surface area contributed by atoms with Crippen LogP contribution in [-0.2, 0) is 27.8 Å². The summed E-state index contributed by atoms with van der Waals surface area (Å²) < 4.78 is 29.5. The molecule has 0 saturated carbocycles. The first kappa shape index (κ1) is 13.7. The second kappa shape index (κ2) is 5.79. The van der Waals surface area contributed by atoms with E-state index in [0.29, 0.717) is 18.4 Å². The Kier molecular flexibility index (Phi) is 4.65. The maximum atomic E-state index is 10.5. The molecule has 1 rings (SSSR count). The van der Waals surface area contributed by atoms with Gasteiger partial charge >= 0.3 is 5.97 Å². The highest BCUT2D eigenvalue weighted by Gasteiger charge is 2.04. The molecule has 0 fully saturated rings. The van der Waals surface area contributed by atoms with Crippen LogP contribution in [-0.4, -0.2) is 29.8 Å². The Hall–Kier alpha value is -1.40. The van der Waals surface area contributed by atoms with E-state index in [1.165, 1.54) is 0 Å². The average Bonchev–Trinajstić information content (AvgIpc) is 2.18. The van der Waals surface area contributed by atoms with Crippen LogP contribution in [0.5, 0.6) is 0 Å². The molecule has 0 bridgehead atoms. The summed E-state index contributed by atoms with van der Waals surface area (Å²) in [4.78, 5) is 10.4. The Bertz CT molecular complexity index is 475. The lowest BCUT2D eigenvalue weighted by atomic mass is 10.1. The van der Waals surface area contributed by atoms with Gasteiger partial charge in [-0.2, -0.15) is 8.42 Å². The zero-order valence-corrected chi connectivity index (χ0v) is 9.98. The molecule has 17 heavy (non-hydrogen) atoms. The maximum absolute atomic E-state index is 10.5. The Morgan fingerprint density at radius 3 is 2.12 bits per heavy atom. The van der Waals surface area contributed by atoms with Gasteiger partial charge < -0.3 is 5.11 Å². The Morgan fingerprint density at radius 2 is 1.65 bits per heavy atom. The van der Waals surface area contributed by atoms with Gasteiger partial charge in [-0.1, -0.05) is 24.3 Å². The van der Waals surface area contributed by atoms with Crippen LogP contribution in [0.25, 0.3) is 0 Å². The molecule has 94 valence electrons. The van der Waals surface area contributed by atoms with Crippen molar-refractivity contribution in [3.63, 3.8) is 0 Å². The van der Waals surface area contributed by atoms with Gasteiger partial charge in [0.2, 0.25) is 0 Å². The summed E-state index contributed by atoms with van der Waals surface area (Å²) in [5.74, 6) is -1.15. The van der Waals surface area contributed by atoms with Crippen molar-refractivity contribution in [2.24, 2.45) is 0 Å². The standard InChI is InChI=1S/C11H14O5S/c12-11(13)8-10-5-3-9(4-6-10)2-1-7-17(14,15)16/h3-6H,1-2,7-8H2,(H,12,13)(H,14,15,16). The van der Waals surface area contributed by atoms with Crippen molar-refractivity contribution in [1.29, 1.82) is 0 Å². The molecule has 0 amide bonds. The number of aryl methyl sites for hydroxylation is 1. The zero-order valence-electron chi connectivity index (χ0n) is 9.17. The van der Waals surface area contributed by atoms with Crippen molar-refractivity contribution < 1.29 is 22.9 Å². The van der Waals surface area contributed by atoms with Crippen molar-refractivity contribution in [2.75, 3.05) is 5.75 Å². The molecule has 2 N–H and O–H groups in total. The summed E-state index contributed by atoms with van der Waals surface area (Å²) in [6, 6.07) is 6.94. The minimum absolute atomic E-state index is 0.0225. The van der Waals surface area contributed by atoms with E-state index in [-0.39, 0.29) is 12.2 Å². The number of carboxylic acid groups (broad SMARTS) is 1. The molecule has 5 nitrogen and oxygen atoms in total. The van der Waals surface area contributed by atoms with Crippen molar-refractivity contribution in [2.45, 2.75) is 19.3 Å². The molecule has 0 aliphatic heterocycles. The fraction of sp³-hybridized carbons (Fsp3) is 0.364. The minimum atomic E-state index is -3.90. The van der Waals surface area contributed by atoms with E-state index in [0.717, 1.165) is 5.56 Å². The Morgan fingerprint density at radius 1 is 1.12 bits per heavy atom. The largest absolute Gasteiger partial charge is 0.481 e. The van der Waals surface area contributed by atoms with Gasteiger partial charge in [0, 0.05) is 0 Å². The van der Waals surface area contributed by atoms with Gasteiger partial charge in [0.25, 0.3) is 10.1 Å². The Labute approximate surface area is 99.8 Å². The molecule has 1 aromatic carbocycles. The van der Waals surface area contributed by atoms with Crippen LogP contribution in [0.2, 0.25) is 0 Å². The molecule has 0 saturated heterocycles. The van der Waals surface area contributed by atoms with Crippen molar-refractivity contribution in [3.8, 4) is 0 Å². The fourth-order valence-electron chi connectivity index (χ4n) is 1.46. The van der Waals surface area contributed by atoms with Crippen LogP contribution >= 0.6 is 0 Å². The molecule has 0 aliphatic carbocycles. The van der Waals surface area contributed by atoms with Gasteiger partial charge in [0.05, 0.1) is 12.2 Å². The summed E-state index contributed by atoms with van der Waals surface area (Å²) in [6.07, 6.45) is 0.857. The number of hydrogen-bond donors (Lipinski definition) is 2. The minimum Gasteiger partial charge on any atom is -0.481 e. The lowest BCUT2D eigenvalue weighted by Gasteiger charge is -2.02. The predicted molar refractivity (Wildman–Crippen MR) is 62.5 cm³/mol. The second-order valence-electron chi connectivity index (χ2n) is 3.78. The van der Waals surface area contributed by atoms with Crippen LogP contribution in [0.15, 0.2) is 24.3 Å². The van der Waals surface area contributed by atoms with Crippen LogP contribution in [0.1, 0.15) is 17.5 Å². The Balaban J connectivity index is 2.48. The number of carbonyl (C=O) groups is 1. The van der Waals surface area contributed by atoms with Gasteiger partial charge in [-0.05, 0) is 24.0 Å². The normalized spacial score (nSPS) is 11.4. The first-order valence-electron chi connectivity index (χ1n) is 5.11. The van der Waals surface area contributed by atoms with Crippen LogP contribution in [0, 0.1) is 0 Å². The van der Waals surface area contributed by atoms with Gasteiger partial charge in [-0.25, -0.2) is 0 Å². The lowest BCUT2D eigenvalue weighted by molar-refractivity contribution is -0.136. The third kappa shape index (κ3) is 6.03. The first-order valence-corrected chi connectivity index (χ1v) is 6.72. The fourth-order valence-corrected chi connectivity index (χ4v) is 1.97. The van der Waals surface area contributed by atoms with Gasteiger partial charge in [-0.3, -0.25) is 9.35 Å². The average molecular weight is 258 g/mol. The van der Waals surface area contributed by atoms with E-state index < -0.39 is 16.1 Å². The summed E-state index contributed by atoms with van der Waals surface area (Å²) in [6.45, 7) is 0. The summed E-state index contributed by atoms with van der Waals surface area (Å²) in [5, 5.41) is 8.57. The second-order valence-corrected chi connectivity index (χ2v) is 5.35. The van der Waals surface area contributed by atoms with E-state index >= 15 is 0 Å². The molecule has 0 aliphatic rings. The molecule has 0 spiro atoms. The number of carboxylic acids is 1. The zero-order chi connectivity index (χ0) is 12.9. The number of rotatable bonds is 6. The van der Waals surface area contributed by atoms with Crippen LogP contribution < -0.4 is 0 Å². The molecule has 6 heteroatoms. The van der Waals surface area contributed by atoms with Crippen molar-refractivity contribution in [3.05, 3.63) is 35.4 Å². The molecule has 0 heterocycles. The third-order valence-electron chi connectivity index (χ3n) is 2.25. The molecule has 0 radical (unpaired) electrons. The van der Waals surface area contributed by atoms with E-state index in [2.05, 4.69) is 0 Å². The summed E-state index contributed by atoms with van der Waals surface area (Å²) >= 11 is 0. The summed E-state index contributed by atoms with van der Waals surface area (Å²) in [7, 11) is -3.90. The van der Waals surface area contributed by atoms with E-state index in [9.17, 15) is 13.2 Å². The van der Waals surface area contributed by atoms with E-state index in [4.69, 9.17) is 9.66 Å². The predicted octanol–water partition coefficient (Wildman–Crippen LogP) is 1.13. The smallest absolute Gasteiger partial charge is 0.307 e. The number of aliphatic carboxylic acids is 1. The number of hydrogen-bond acceptors (Lipinski definition) is 3. The van der Waals surface area contributed by atoms with Gasteiger partial charge in [0.15, 0.2) is 0 Å². The molecule has 0 aromatic heterocycles. The maximum Gasteiger partial charge on any atom is 0.307 e. The monoisotopic (exact) mass is 258 g/mol. The molecular formula is C11H14O5S. The SMILES string of the molecule is O=C(O)Cc1ccc(CCCS(=O)(=O)O)cc1. The van der Waals surface area contributed by atoms with Crippen LogP contribution in [0.4, 0.5) is 0 Å². The lowest BCUT2D eigenvalue weighted by Crippen LogP contribution is -2.05. The molecule has 0 unspecified atom stereocenters. The van der Waals surface area contributed by atoms with Crippen LogP contribution in [0.3, 0.4) is 0 Å². The quantitative estimate of drug-likeness (QED) is 0.746. The highest BCUT2D eigenvalue weighted by Crippen LogP contribution is 2.08.